The first-order chi connectivity index (χ1) is 7.78. The van der Waals surface area contributed by atoms with E-state index in [0.717, 1.165) is 18.0 Å². The number of hydrogen-bond donors (Lipinski definition) is 1. The van der Waals surface area contributed by atoms with Gasteiger partial charge in [0.15, 0.2) is 5.82 Å². The molecule has 4 nitrogen and oxygen atoms in total. The van der Waals surface area contributed by atoms with E-state index in [1.165, 1.54) is 0 Å². The standard InChI is InChI=1S/C11H10FN3O/c12-9-6-14-11(15-7-9)16-10-3-1-8(5-13)2-4-10/h1-4,6-7H,5,13H2. The number of rotatable bonds is 3. The van der Waals surface area contributed by atoms with Crippen LogP contribution in [0.5, 0.6) is 11.8 Å². The molecule has 0 radical (unpaired) electrons. The molecular formula is C11H10FN3O. The Balaban J connectivity index is 2.11. The van der Waals surface area contributed by atoms with Gasteiger partial charge in [0.25, 0.3) is 0 Å². The molecule has 5 heteroatoms. The number of benzene rings is 1. The summed E-state index contributed by atoms with van der Waals surface area (Å²) in [5.41, 5.74) is 6.47. The van der Waals surface area contributed by atoms with Crippen LogP contribution in [-0.2, 0) is 6.54 Å². The van der Waals surface area contributed by atoms with Crippen molar-refractivity contribution < 1.29 is 9.13 Å². The van der Waals surface area contributed by atoms with E-state index < -0.39 is 5.82 Å². The molecule has 1 aromatic carbocycles. The van der Waals surface area contributed by atoms with Gasteiger partial charge in [-0.3, -0.25) is 0 Å². The normalized spacial score (nSPS) is 10.1. The second-order valence-corrected chi connectivity index (χ2v) is 3.13. The van der Waals surface area contributed by atoms with Crippen molar-refractivity contribution in [2.24, 2.45) is 5.73 Å². The average Bonchev–Trinajstić information content (AvgIpc) is 2.33. The van der Waals surface area contributed by atoms with Crippen LogP contribution < -0.4 is 10.5 Å². The maximum atomic E-state index is 12.5. The molecule has 0 bridgehead atoms. The van der Waals surface area contributed by atoms with Crippen LogP contribution in [0.3, 0.4) is 0 Å². The third-order valence-corrected chi connectivity index (χ3v) is 1.96. The summed E-state index contributed by atoms with van der Waals surface area (Å²) in [6, 6.07) is 7.32. The van der Waals surface area contributed by atoms with Gasteiger partial charge in [0.2, 0.25) is 0 Å². The molecule has 0 unspecified atom stereocenters. The van der Waals surface area contributed by atoms with Gasteiger partial charge in [0, 0.05) is 6.54 Å². The molecule has 0 aliphatic rings. The summed E-state index contributed by atoms with van der Waals surface area (Å²) in [6.45, 7) is 0.479. The lowest BCUT2D eigenvalue weighted by Gasteiger charge is -2.03. The first-order valence-corrected chi connectivity index (χ1v) is 4.72. The smallest absolute Gasteiger partial charge is 0.322 e. The Morgan fingerprint density at radius 1 is 1.12 bits per heavy atom. The largest absolute Gasteiger partial charge is 0.424 e. The van der Waals surface area contributed by atoms with E-state index in [-0.39, 0.29) is 6.01 Å². The second kappa shape index (κ2) is 4.67. The summed E-state index contributed by atoms with van der Waals surface area (Å²) < 4.78 is 17.8. The molecule has 0 saturated carbocycles. The van der Waals surface area contributed by atoms with Crippen LogP contribution in [0.1, 0.15) is 5.56 Å². The molecule has 1 heterocycles. The zero-order chi connectivity index (χ0) is 11.4. The van der Waals surface area contributed by atoms with E-state index in [1.54, 1.807) is 12.1 Å². The predicted octanol–water partition coefficient (Wildman–Crippen LogP) is 1.87. The highest BCUT2D eigenvalue weighted by molar-refractivity contribution is 5.28. The van der Waals surface area contributed by atoms with Crippen molar-refractivity contribution in [2.45, 2.75) is 6.54 Å². The summed E-state index contributed by atoms with van der Waals surface area (Å²) in [7, 11) is 0. The summed E-state index contributed by atoms with van der Waals surface area (Å²) in [6.07, 6.45) is 2.10. The summed E-state index contributed by atoms with van der Waals surface area (Å²) >= 11 is 0. The highest BCUT2D eigenvalue weighted by Gasteiger charge is 2.00. The van der Waals surface area contributed by atoms with Crippen molar-refractivity contribution in [3.05, 3.63) is 48.0 Å². The van der Waals surface area contributed by atoms with Crippen LogP contribution in [0.25, 0.3) is 0 Å². The van der Waals surface area contributed by atoms with Crippen LogP contribution in [0.2, 0.25) is 0 Å². The van der Waals surface area contributed by atoms with Gasteiger partial charge in [0.05, 0.1) is 12.4 Å². The molecule has 0 aliphatic carbocycles. The number of hydrogen-bond acceptors (Lipinski definition) is 4. The Morgan fingerprint density at radius 2 is 1.75 bits per heavy atom. The molecule has 0 spiro atoms. The van der Waals surface area contributed by atoms with Crippen molar-refractivity contribution in [2.75, 3.05) is 0 Å². The zero-order valence-electron chi connectivity index (χ0n) is 8.43. The van der Waals surface area contributed by atoms with E-state index in [1.807, 2.05) is 12.1 Å². The van der Waals surface area contributed by atoms with Gasteiger partial charge in [-0.15, -0.1) is 0 Å². The highest BCUT2D eigenvalue weighted by atomic mass is 19.1. The summed E-state index contributed by atoms with van der Waals surface area (Å²) in [5.74, 6) is 0.0923. The van der Waals surface area contributed by atoms with Crippen molar-refractivity contribution in [1.29, 1.82) is 0 Å². The fraction of sp³-hybridized carbons (Fsp3) is 0.0909. The molecule has 2 aromatic rings. The lowest BCUT2D eigenvalue weighted by molar-refractivity contribution is 0.436. The molecule has 0 amide bonds. The Morgan fingerprint density at radius 3 is 2.31 bits per heavy atom. The maximum Gasteiger partial charge on any atom is 0.322 e. The maximum absolute atomic E-state index is 12.5. The molecule has 0 fully saturated rings. The molecule has 82 valence electrons. The molecular weight excluding hydrogens is 209 g/mol. The van der Waals surface area contributed by atoms with Gasteiger partial charge in [-0.25, -0.2) is 14.4 Å². The molecule has 0 atom stereocenters. The van der Waals surface area contributed by atoms with Gasteiger partial charge < -0.3 is 10.5 Å². The van der Waals surface area contributed by atoms with Crippen LogP contribution in [0.15, 0.2) is 36.7 Å². The van der Waals surface area contributed by atoms with Crippen molar-refractivity contribution in [3.63, 3.8) is 0 Å². The average molecular weight is 219 g/mol. The topological polar surface area (TPSA) is 61.0 Å². The van der Waals surface area contributed by atoms with E-state index in [4.69, 9.17) is 10.5 Å². The molecule has 2 N–H and O–H groups in total. The fourth-order valence-electron chi connectivity index (χ4n) is 1.15. The van der Waals surface area contributed by atoms with Gasteiger partial charge in [-0.2, -0.15) is 0 Å². The van der Waals surface area contributed by atoms with Crippen LogP contribution in [0, 0.1) is 5.82 Å². The highest BCUT2D eigenvalue weighted by Crippen LogP contribution is 2.17. The van der Waals surface area contributed by atoms with Crippen LogP contribution in [0.4, 0.5) is 4.39 Å². The number of nitrogens with two attached hydrogens (primary N) is 1. The SMILES string of the molecule is NCc1ccc(Oc2ncc(F)cn2)cc1. The monoisotopic (exact) mass is 219 g/mol. The van der Waals surface area contributed by atoms with E-state index in [2.05, 4.69) is 9.97 Å². The quantitative estimate of drug-likeness (QED) is 0.855. The van der Waals surface area contributed by atoms with Crippen molar-refractivity contribution >= 4 is 0 Å². The van der Waals surface area contributed by atoms with Crippen LogP contribution >= 0.6 is 0 Å². The molecule has 0 aliphatic heterocycles. The van der Waals surface area contributed by atoms with E-state index >= 15 is 0 Å². The Hall–Kier alpha value is -2.01. The minimum Gasteiger partial charge on any atom is -0.424 e. The Labute approximate surface area is 91.9 Å². The van der Waals surface area contributed by atoms with Crippen molar-refractivity contribution in [1.82, 2.24) is 9.97 Å². The Kier molecular flexibility index (Phi) is 3.07. The lowest BCUT2D eigenvalue weighted by Crippen LogP contribution is -1.96. The van der Waals surface area contributed by atoms with E-state index in [0.29, 0.717) is 12.3 Å². The predicted molar refractivity (Wildman–Crippen MR) is 56.4 cm³/mol. The van der Waals surface area contributed by atoms with Gasteiger partial charge in [-0.05, 0) is 17.7 Å². The summed E-state index contributed by atoms with van der Waals surface area (Å²) in [5, 5.41) is 0. The first-order valence-electron chi connectivity index (χ1n) is 4.72. The fourth-order valence-corrected chi connectivity index (χ4v) is 1.15. The number of aromatic nitrogens is 2. The minimum absolute atomic E-state index is 0.113. The summed E-state index contributed by atoms with van der Waals surface area (Å²) in [4.78, 5) is 7.37. The van der Waals surface area contributed by atoms with Gasteiger partial charge in [-0.1, -0.05) is 12.1 Å². The zero-order valence-corrected chi connectivity index (χ0v) is 8.43. The number of ether oxygens (including phenoxy) is 1. The second-order valence-electron chi connectivity index (χ2n) is 3.13. The molecule has 0 saturated heterocycles. The van der Waals surface area contributed by atoms with E-state index in [9.17, 15) is 4.39 Å². The third-order valence-electron chi connectivity index (χ3n) is 1.96. The Bertz CT molecular complexity index is 456. The minimum atomic E-state index is -0.495. The lowest BCUT2D eigenvalue weighted by atomic mass is 10.2. The van der Waals surface area contributed by atoms with Crippen LogP contribution in [-0.4, -0.2) is 9.97 Å². The van der Waals surface area contributed by atoms with Gasteiger partial charge in [0.1, 0.15) is 5.75 Å². The molecule has 1 aromatic heterocycles. The first kappa shape index (κ1) is 10.5. The number of halogens is 1. The molecule has 2 rings (SSSR count). The van der Waals surface area contributed by atoms with Crippen molar-refractivity contribution in [3.8, 4) is 11.8 Å². The third kappa shape index (κ3) is 2.52. The van der Waals surface area contributed by atoms with Gasteiger partial charge >= 0.3 is 6.01 Å². The molecule has 16 heavy (non-hydrogen) atoms. The number of nitrogens with zero attached hydrogens (tertiary/aromatic N) is 2.